The Hall–Kier alpha value is -1.13. The number of likely N-dealkylation sites (N-methyl/N-ethyl adjacent to an activating group) is 1. The van der Waals surface area contributed by atoms with Crippen molar-refractivity contribution < 1.29 is 4.39 Å². The summed E-state index contributed by atoms with van der Waals surface area (Å²) in [6.45, 7) is 6.01. The summed E-state index contributed by atoms with van der Waals surface area (Å²) in [5.41, 5.74) is 1.68. The molecule has 3 nitrogen and oxygen atoms in total. The number of fused-ring (bicyclic) bond motifs is 1. The van der Waals surface area contributed by atoms with E-state index in [1.807, 2.05) is 0 Å². The van der Waals surface area contributed by atoms with Gasteiger partial charge in [0.2, 0.25) is 0 Å². The van der Waals surface area contributed by atoms with Crippen molar-refractivity contribution in [2.24, 2.45) is 0 Å². The SMILES string of the molecule is CC(C)N(C)CCn1c(CCCl)nc2ccc(F)cc21. The average molecular weight is 298 g/mol. The number of imidazole rings is 1. The van der Waals surface area contributed by atoms with Gasteiger partial charge in [-0.05, 0) is 39.1 Å². The predicted molar refractivity (Wildman–Crippen MR) is 81.9 cm³/mol. The lowest BCUT2D eigenvalue weighted by molar-refractivity contribution is 0.263. The molecule has 0 aliphatic rings. The summed E-state index contributed by atoms with van der Waals surface area (Å²) < 4.78 is 15.5. The molecule has 0 atom stereocenters. The molecule has 1 aromatic heterocycles. The minimum Gasteiger partial charge on any atom is -0.327 e. The number of benzene rings is 1. The first-order valence-electron chi connectivity index (χ1n) is 6.93. The molecular weight excluding hydrogens is 277 g/mol. The van der Waals surface area contributed by atoms with E-state index in [4.69, 9.17) is 11.6 Å². The third kappa shape index (κ3) is 3.30. The summed E-state index contributed by atoms with van der Waals surface area (Å²) in [6, 6.07) is 5.21. The van der Waals surface area contributed by atoms with Crippen molar-refractivity contribution in [3.63, 3.8) is 0 Å². The van der Waals surface area contributed by atoms with Crippen molar-refractivity contribution >= 4 is 22.6 Å². The van der Waals surface area contributed by atoms with Gasteiger partial charge in [-0.2, -0.15) is 0 Å². The van der Waals surface area contributed by atoms with Gasteiger partial charge in [-0.15, -0.1) is 11.6 Å². The van der Waals surface area contributed by atoms with Crippen LogP contribution in [0.5, 0.6) is 0 Å². The van der Waals surface area contributed by atoms with E-state index in [9.17, 15) is 4.39 Å². The molecular formula is C15H21ClFN3. The fourth-order valence-electron chi connectivity index (χ4n) is 2.19. The van der Waals surface area contributed by atoms with Crippen LogP contribution < -0.4 is 0 Å². The Kier molecular flexibility index (Phi) is 5.00. The Morgan fingerprint density at radius 3 is 2.80 bits per heavy atom. The van der Waals surface area contributed by atoms with Crippen LogP contribution in [-0.4, -0.2) is 40.0 Å². The molecule has 20 heavy (non-hydrogen) atoms. The molecule has 2 rings (SSSR count). The number of rotatable bonds is 6. The summed E-state index contributed by atoms with van der Waals surface area (Å²) in [5.74, 6) is 1.22. The lowest BCUT2D eigenvalue weighted by atomic mass is 10.3. The molecule has 1 aromatic carbocycles. The maximum absolute atomic E-state index is 13.5. The standard InChI is InChI=1S/C15H21ClFN3/c1-11(2)19(3)8-9-20-14-10-12(17)4-5-13(14)18-15(20)6-7-16/h4-5,10-11H,6-9H2,1-3H3. The molecule has 1 heterocycles. The zero-order chi connectivity index (χ0) is 14.7. The number of nitrogens with zero attached hydrogens (tertiary/aromatic N) is 3. The van der Waals surface area contributed by atoms with E-state index in [-0.39, 0.29) is 5.82 Å². The Labute approximate surface area is 124 Å². The number of hydrogen-bond acceptors (Lipinski definition) is 2. The van der Waals surface area contributed by atoms with Crippen LogP contribution in [0.1, 0.15) is 19.7 Å². The Morgan fingerprint density at radius 1 is 1.40 bits per heavy atom. The van der Waals surface area contributed by atoms with Crippen molar-refractivity contribution in [2.75, 3.05) is 19.5 Å². The predicted octanol–water partition coefficient (Wildman–Crippen LogP) is 3.30. The van der Waals surface area contributed by atoms with Gasteiger partial charge in [0, 0.05) is 31.4 Å². The summed E-state index contributed by atoms with van der Waals surface area (Å²) in [5, 5.41) is 0. The van der Waals surface area contributed by atoms with Gasteiger partial charge in [-0.1, -0.05) is 0 Å². The molecule has 0 spiro atoms. The van der Waals surface area contributed by atoms with Crippen LogP contribution in [0.4, 0.5) is 4.39 Å². The van der Waals surface area contributed by atoms with Gasteiger partial charge in [0.1, 0.15) is 11.6 Å². The van der Waals surface area contributed by atoms with Crippen molar-refractivity contribution in [3.8, 4) is 0 Å². The Morgan fingerprint density at radius 2 is 2.15 bits per heavy atom. The van der Waals surface area contributed by atoms with Gasteiger partial charge >= 0.3 is 0 Å². The lowest BCUT2D eigenvalue weighted by Crippen LogP contribution is -2.30. The molecule has 5 heteroatoms. The monoisotopic (exact) mass is 297 g/mol. The average Bonchev–Trinajstić information content (AvgIpc) is 2.73. The Balaban J connectivity index is 2.32. The first-order valence-corrected chi connectivity index (χ1v) is 7.47. The van der Waals surface area contributed by atoms with Crippen molar-refractivity contribution in [3.05, 3.63) is 29.8 Å². The highest BCUT2D eigenvalue weighted by Gasteiger charge is 2.12. The molecule has 0 radical (unpaired) electrons. The zero-order valence-electron chi connectivity index (χ0n) is 12.2. The van der Waals surface area contributed by atoms with Gasteiger partial charge in [0.05, 0.1) is 11.0 Å². The smallest absolute Gasteiger partial charge is 0.125 e. The first kappa shape index (κ1) is 15.3. The second-order valence-electron chi connectivity index (χ2n) is 5.33. The molecule has 0 fully saturated rings. The van der Waals surface area contributed by atoms with Crippen LogP contribution >= 0.6 is 11.6 Å². The summed E-state index contributed by atoms with van der Waals surface area (Å²) in [6.07, 6.45) is 0.698. The fourth-order valence-corrected chi connectivity index (χ4v) is 2.36. The number of aromatic nitrogens is 2. The highest BCUT2D eigenvalue weighted by molar-refractivity contribution is 6.17. The van der Waals surface area contributed by atoms with Crippen LogP contribution in [0.3, 0.4) is 0 Å². The van der Waals surface area contributed by atoms with Gasteiger partial charge in [0.15, 0.2) is 0 Å². The molecule has 0 saturated heterocycles. The third-order valence-corrected chi connectivity index (χ3v) is 3.85. The van der Waals surface area contributed by atoms with Crippen molar-refractivity contribution in [1.82, 2.24) is 14.5 Å². The second kappa shape index (κ2) is 6.55. The van der Waals surface area contributed by atoms with Gasteiger partial charge < -0.3 is 9.47 Å². The molecule has 110 valence electrons. The van der Waals surface area contributed by atoms with Crippen molar-refractivity contribution in [1.29, 1.82) is 0 Å². The maximum Gasteiger partial charge on any atom is 0.125 e. The van der Waals surface area contributed by atoms with Crippen molar-refractivity contribution in [2.45, 2.75) is 32.9 Å². The largest absolute Gasteiger partial charge is 0.327 e. The van der Waals surface area contributed by atoms with Crippen LogP contribution in [0.25, 0.3) is 11.0 Å². The van der Waals surface area contributed by atoms with E-state index >= 15 is 0 Å². The molecule has 0 unspecified atom stereocenters. The third-order valence-electron chi connectivity index (χ3n) is 3.67. The van der Waals surface area contributed by atoms with E-state index in [1.54, 1.807) is 12.1 Å². The molecule has 0 aliphatic heterocycles. The lowest BCUT2D eigenvalue weighted by Gasteiger charge is -2.21. The summed E-state index contributed by atoms with van der Waals surface area (Å²) in [7, 11) is 2.09. The second-order valence-corrected chi connectivity index (χ2v) is 5.70. The minimum absolute atomic E-state index is 0.228. The minimum atomic E-state index is -0.228. The van der Waals surface area contributed by atoms with E-state index in [0.717, 1.165) is 29.9 Å². The van der Waals surface area contributed by atoms with Crippen LogP contribution in [0, 0.1) is 5.82 Å². The zero-order valence-corrected chi connectivity index (χ0v) is 13.0. The molecule has 2 aromatic rings. The number of hydrogen-bond donors (Lipinski definition) is 0. The van der Waals surface area contributed by atoms with E-state index in [1.165, 1.54) is 6.07 Å². The summed E-state index contributed by atoms with van der Waals surface area (Å²) >= 11 is 5.84. The van der Waals surface area contributed by atoms with E-state index in [2.05, 4.69) is 35.3 Å². The molecule has 0 N–H and O–H groups in total. The Bertz CT molecular complexity index is 580. The highest BCUT2D eigenvalue weighted by atomic mass is 35.5. The van der Waals surface area contributed by atoms with E-state index < -0.39 is 0 Å². The van der Waals surface area contributed by atoms with Gasteiger partial charge in [-0.25, -0.2) is 9.37 Å². The quantitative estimate of drug-likeness (QED) is 0.763. The van der Waals surface area contributed by atoms with Crippen LogP contribution in [-0.2, 0) is 13.0 Å². The maximum atomic E-state index is 13.5. The van der Waals surface area contributed by atoms with Crippen LogP contribution in [0.2, 0.25) is 0 Å². The molecule has 0 bridgehead atoms. The first-order chi connectivity index (χ1) is 9.52. The topological polar surface area (TPSA) is 21.1 Å². The number of halogens is 2. The molecule has 0 amide bonds. The molecule has 0 aliphatic carbocycles. The normalized spacial score (nSPS) is 11.9. The van der Waals surface area contributed by atoms with Gasteiger partial charge in [0.25, 0.3) is 0 Å². The van der Waals surface area contributed by atoms with Gasteiger partial charge in [-0.3, -0.25) is 0 Å². The highest BCUT2D eigenvalue weighted by Crippen LogP contribution is 2.18. The fraction of sp³-hybridized carbons (Fsp3) is 0.533. The number of aryl methyl sites for hydroxylation is 1. The molecule has 0 saturated carbocycles. The number of alkyl halides is 1. The van der Waals surface area contributed by atoms with Crippen LogP contribution in [0.15, 0.2) is 18.2 Å². The summed E-state index contributed by atoms with van der Waals surface area (Å²) in [4.78, 5) is 6.82. The van der Waals surface area contributed by atoms with E-state index in [0.29, 0.717) is 18.3 Å².